The van der Waals surface area contributed by atoms with Gasteiger partial charge >= 0.3 is 0 Å². The monoisotopic (exact) mass is 336 g/mol. The van der Waals surface area contributed by atoms with Crippen LogP contribution in [0.1, 0.15) is 27.0 Å². The lowest BCUT2D eigenvalue weighted by Gasteiger charge is -2.08. The number of aromatic nitrogens is 1. The lowest BCUT2D eigenvalue weighted by molar-refractivity contribution is 0.102. The van der Waals surface area contributed by atoms with Crippen LogP contribution in [0.15, 0.2) is 67.0 Å². The van der Waals surface area contributed by atoms with Crippen LogP contribution in [0.4, 0.5) is 5.69 Å². The van der Waals surface area contributed by atoms with Gasteiger partial charge in [0.1, 0.15) is 0 Å². The molecule has 1 aromatic heterocycles. The number of benzene rings is 2. The number of hydrogen-bond acceptors (Lipinski definition) is 2. The first kappa shape index (κ1) is 16.2. The maximum absolute atomic E-state index is 12.3. The first-order chi connectivity index (χ1) is 11.6. The normalized spacial score (nSPS) is 10.4. The van der Waals surface area contributed by atoms with Crippen molar-refractivity contribution in [1.82, 2.24) is 4.98 Å². The quantitative estimate of drug-likeness (QED) is 0.737. The first-order valence-corrected chi connectivity index (χ1v) is 8.05. The molecule has 0 atom stereocenters. The number of rotatable bonds is 4. The lowest BCUT2D eigenvalue weighted by atomic mass is 10.1. The molecule has 2 aromatic carbocycles. The Morgan fingerprint density at radius 3 is 2.33 bits per heavy atom. The third kappa shape index (κ3) is 4.00. The minimum absolute atomic E-state index is 0.168. The van der Waals surface area contributed by atoms with Gasteiger partial charge in [-0.2, -0.15) is 0 Å². The van der Waals surface area contributed by atoms with Gasteiger partial charge in [-0.25, -0.2) is 0 Å². The molecule has 0 unspecified atom stereocenters. The van der Waals surface area contributed by atoms with Gasteiger partial charge in [0.15, 0.2) is 0 Å². The SMILES string of the molecule is Cc1ccc(C(=O)Nc2ccc(Cc3ccncc3)cc2)cc1Cl. The van der Waals surface area contributed by atoms with Crippen LogP contribution in [-0.2, 0) is 6.42 Å². The van der Waals surface area contributed by atoms with E-state index in [0.29, 0.717) is 10.6 Å². The van der Waals surface area contributed by atoms with E-state index in [4.69, 9.17) is 11.6 Å². The largest absolute Gasteiger partial charge is 0.322 e. The molecule has 120 valence electrons. The molecule has 1 heterocycles. The van der Waals surface area contributed by atoms with Crippen molar-refractivity contribution in [3.63, 3.8) is 0 Å². The summed E-state index contributed by atoms with van der Waals surface area (Å²) in [5.41, 5.74) is 4.64. The summed E-state index contributed by atoms with van der Waals surface area (Å²) in [7, 11) is 0. The van der Waals surface area contributed by atoms with Crippen molar-refractivity contribution in [2.75, 3.05) is 5.32 Å². The van der Waals surface area contributed by atoms with Crippen LogP contribution in [0.2, 0.25) is 5.02 Å². The smallest absolute Gasteiger partial charge is 0.255 e. The second-order valence-electron chi connectivity index (χ2n) is 5.65. The fourth-order valence-electron chi connectivity index (χ4n) is 2.38. The highest BCUT2D eigenvalue weighted by Gasteiger charge is 2.08. The molecule has 0 fully saturated rings. The van der Waals surface area contributed by atoms with Crippen LogP contribution in [0.5, 0.6) is 0 Å². The highest BCUT2D eigenvalue weighted by Crippen LogP contribution is 2.18. The number of carbonyl (C=O) groups is 1. The molecule has 0 radical (unpaired) electrons. The van der Waals surface area contributed by atoms with E-state index in [2.05, 4.69) is 10.3 Å². The summed E-state index contributed by atoms with van der Waals surface area (Å²) in [5, 5.41) is 3.48. The second kappa shape index (κ2) is 7.28. The Morgan fingerprint density at radius 2 is 1.67 bits per heavy atom. The van der Waals surface area contributed by atoms with Crippen molar-refractivity contribution in [3.05, 3.63) is 94.3 Å². The highest BCUT2D eigenvalue weighted by molar-refractivity contribution is 6.31. The van der Waals surface area contributed by atoms with Crippen molar-refractivity contribution in [3.8, 4) is 0 Å². The Hall–Kier alpha value is -2.65. The number of anilines is 1. The number of hydrogen-bond donors (Lipinski definition) is 1. The van der Waals surface area contributed by atoms with Gasteiger partial charge in [0, 0.05) is 28.7 Å². The zero-order valence-electron chi connectivity index (χ0n) is 13.3. The zero-order chi connectivity index (χ0) is 16.9. The number of nitrogens with zero attached hydrogens (tertiary/aromatic N) is 1. The molecular formula is C20H17ClN2O. The lowest BCUT2D eigenvalue weighted by Crippen LogP contribution is -2.11. The number of nitrogens with one attached hydrogen (secondary N) is 1. The Bertz CT molecular complexity index is 845. The minimum Gasteiger partial charge on any atom is -0.322 e. The van der Waals surface area contributed by atoms with Gasteiger partial charge in [0.05, 0.1) is 0 Å². The molecule has 1 amide bonds. The molecule has 0 bridgehead atoms. The Kier molecular flexibility index (Phi) is 4.92. The molecule has 0 saturated heterocycles. The molecule has 0 aliphatic carbocycles. The summed E-state index contributed by atoms with van der Waals surface area (Å²) >= 11 is 6.07. The zero-order valence-corrected chi connectivity index (χ0v) is 14.0. The first-order valence-electron chi connectivity index (χ1n) is 7.67. The molecule has 3 rings (SSSR count). The Balaban J connectivity index is 1.67. The van der Waals surface area contributed by atoms with E-state index in [0.717, 1.165) is 17.7 Å². The van der Waals surface area contributed by atoms with E-state index in [1.54, 1.807) is 24.5 Å². The van der Waals surface area contributed by atoms with Gasteiger partial charge in [0.25, 0.3) is 5.91 Å². The van der Waals surface area contributed by atoms with Crippen LogP contribution in [0.3, 0.4) is 0 Å². The average molecular weight is 337 g/mol. The predicted octanol–water partition coefficient (Wildman–Crippen LogP) is 4.89. The number of pyridine rings is 1. The van der Waals surface area contributed by atoms with Gasteiger partial charge in [-0.3, -0.25) is 9.78 Å². The molecular weight excluding hydrogens is 320 g/mol. The molecule has 0 spiro atoms. The topological polar surface area (TPSA) is 42.0 Å². The molecule has 1 N–H and O–H groups in total. The van der Waals surface area contributed by atoms with E-state index in [-0.39, 0.29) is 5.91 Å². The summed E-state index contributed by atoms with van der Waals surface area (Å²) in [5.74, 6) is -0.168. The molecule has 0 saturated carbocycles. The van der Waals surface area contributed by atoms with Crippen LogP contribution in [-0.4, -0.2) is 10.9 Å². The average Bonchev–Trinajstić information content (AvgIpc) is 2.60. The van der Waals surface area contributed by atoms with E-state index < -0.39 is 0 Å². The maximum atomic E-state index is 12.3. The van der Waals surface area contributed by atoms with Gasteiger partial charge in [-0.15, -0.1) is 0 Å². The highest BCUT2D eigenvalue weighted by atomic mass is 35.5. The van der Waals surface area contributed by atoms with Crippen LogP contribution < -0.4 is 5.32 Å². The third-order valence-electron chi connectivity index (χ3n) is 3.80. The van der Waals surface area contributed by atoms with Gasteiger partial charge in [-0.1, -0.05) is 29.8 Å². The van der Waals surface area contributed by atoms with Crippen molar-refractivity contribution >= 4 is 23.2 Å². The van der Waals surface area contributed by atoms with Crippen molar-refractivity contribution in [2.24, 2.45) is 0 Å². The predicted molar refractivity (Wildman–Crippen MR) is 97.6 cm³/mol. The molecule has 3 nitrogen and oxygen atoms in total. The van der Waals surface area contributed by atoms with E-state index in [1.165, 1.54) is 11.1 Å². The van der Waals surface area contributed by atoms with E-state index in [1.807, 2.05) is 49.4 Å². The fourth-order valence-corrected chi connectivity index (χ4v) is 2.56. The van der Waals surface area contributed by atoms with Crippen molar-refractivity contribution in [1.29, 1.82) is 0 Å². The van der Waals surface area contributed by atoms with Crippen molar-refractivity contribution < 1.29 is 4.79 Å². The number of halogens is 1. The molecule has 3 aromatic rings. The van der Waals surface area contributed by atoms with Gasteiger partial charge in [0.2, 0.25) is 0 Å². The summed E-state index contributed by atoms with van der Waals surface area (Å²) in [6, 6.07) is 17.1. The molecule has 24 heavy (non-hydrogen) atoms. The number of amides is 1. The standard InChI is InChI=1S/C20H17ClN2O/c1-14-2-5-17(13-19(14)21)20(24)23-18-6-3-15(4-7-18)12-16-8-10-22-11-9-16/h2-11,13H,12H2,1H3,(H,23,24). The van der Waals surface area contributed by atoms with Gasteiger partial charge < -0.3 is 5.32 Å². The summed E-state index contributed by atoms with van der Waals surface area (Å²) in [6.45, 7) is 1.91. The molecule has 4 heteroatoms. The number of carbonyl (C=O) groups excluding carboxylic acids is 1. The molecule has 0 aliphatic heterocycles. The number of aryl methyl sites for hydroxylation is 1. The molecule has 0 aliphatic rings. The second-order valence-corrected chi connectivity index (χ2v) is 6.05. The van der Waals surface area contributed by atoms with E-state index >= 15 is 0 Å². The third-order valence-corrected chi connectivity index (χ3v) is 4.21. The van der Waals surface area contributed by atoms with Gasteiger partial charge in [-0.05, 0) is 66.4 Å². The van der Waals surface area contributed by atoms with E-state index in [9.17, 15) is 4.79 Å². The maximum Gasteiger partial charge on any atom is 0.255 e. The minimum atomic E-state index is -0.168. The Morgan fingerprint density at radius 1 is 1.00 bits per heavy atom. The van der Waals surface area contributed by atoms with Crippen LogP contribution >= 0.6 is 11.6 Å². The van der Waals surface area contributed by atoms with Crippen LogP contribution in [0.25, 0.3) is 0 Å². The summed E-state index contributed by atoms with van der Waals surface area (Å²) in [6.07, 6.45) is 4.41. The fraction of sp³-hybridized carbons (Fsp3) is 0.100. The summed E-state index contributed by atoms with van der Waals surface area (Å²) in [4.78, 5) is 16.3. The van der Waals surface area contributed by atoms with Crippen molar-refractivity contribution in [2.45, 2.75) is 13.3 Å². The summed E-state index contributed by atoms with van der Waals surface area (Å²) < 4.78 is 0. The Labute approximate surface area is 146 Å². The van der Waals surface area contributed by atoms with Crippen LogP contribution in [0, 0.1) is 6.92 Å².